The summed E-state index contributed by atoms with van der Waals surface area (Å²) in [5.41, 5.74) is -0.777. The molecule has 1 atom stereocenters. The van der Waals surface area contributed by atoms with E-state index in [1.807, 2.05) is 30.3 Å². The van der Waals surface area contributed by atoms with E-state index in [9.17, 15) is 9.59 Å². The summed E-state index contributed by atoms with van der Waals surface area (Å²) >= 11 is 1.69. The number of amides is 2. The van der Waals surface area contributed by atoms with Gasteiger partial charge in [-0.25, -0.2) is 0 Å². The van der Waals surface area contributed by atoms with Crippen molar-refractivity contribution in [2.45, 2.75) is 37.2 Å². The Balaban J connectivity index is 1.99. The number of hydrogen-bond donors (Lipinski definition) is 1. The van der Waals surface area contributed by atoms with Crippen LogP contribution in [0.3, 0.4) is 0 Å². The first-order valence-corrected chi connectivity index (χ1v) is 7.72. The Morgan fingerprint density at radius 1 is 1.25 bits per heavy atom. The molecular formula is C15H20N2O2S. The van der Waals surface area contributed by atoms with Gasteiger partial charge in [0.2, 0.25) is 11.8 Å². The topological polar surface area (TPSA) is 49.4 Å². The normalized spacial score (nSPS) is 21.8. The van der Waals surface area contributed by atoms with Crippen LogP contribution in [0.25, 0.3) is 0 Å². The number of rotatable bonds is 4. The van der Waals surface area contributed by atoms with E-state index in [1.165, 1.54) is 4.90 Å². The first kappa shape index (κ1) is 14.9. The van der Waals surface area contributed by atoms with Crippen molar-refractivity contribution in [3.05, 3.63) is 30.3 Å². The van der Waals surface area contributed by atoms with E-state index in [0.717, 1.165) is 5.75 Å². The lowest BCUT2D eigenvalue weighted by Crippen LogP contribution is -2.67. The van der Waals surface area contributed by atoms with Crippen LogP contribution in [-0.4, -0.2) is 40.6 Å². The first-order chi connectivity index (χ1) is 9.43. The summed E-state index contributed by atoms with van der Waals surface area (Å²) in [6.07, 6.45) is 0. The number of benzene rings is 1. The fraction of sp³-hybridized carbons (Fsp3) is 0.467. The van der Waals surface area contributed by atoms with Crippen LogP contribution in [0.5, 0.6) is 0 Å². The molecule has 4 nitrogen and oxygen atoms in total. The van der Waals surface area contributed by atoms with E-state index < -0.39 is 11.6 Å². The molecule has 1 aliphatic rings. The molecule has 1 aromatic rings. The van der Waals surface area contributed by atoms with Gasteiger partial charge in [0.25, 0.3) is 0 Å². The SMILES string of the molecule is CC1NC(=O)C(C)(C)N(CCSc2ccccc2)C1=O. The predicted octanol–water partition coefficient (Wildman–Crippen LogP) is 1.90. The molecule has 5 heteroatoms. The zero-order valence-corrected chi connectivity index (χ0v) is 12.9. The van der Waals surface area contributed by atoms with E-state index in [2.05, 4.69) is 5.32 Å². The zero-order chi connectivity index (χ0) is 14.8. The number of piperazine rings is 1. The van der Waals surface area contributed by atoms with Gasteiger partial charge in [0, 0.05) is 17.2 Å². The number of carbonyl (C=O) groups excluding carboxylic acids is 2. The van der Waals surface area contributed by atoms with Crippen LogP contribution in [0.1, 0.15) is 20.8 Å². The monoisotopic (exact) mass is 292 g/mol. The molecule has 1 fully saturated rings. The summed E-state index contributed by atoms with van der Waals surface area (Å²) in [7, 11) is 0. The summed E-state index contributed by atoms with van der Waals surface area (Å²) in [5.74, 6) is 0.677. The summed E-state index contributed by atoms with van der Waals surface area (Å²) < 4.78 is 0. The van der Waals surface area contributed by atoms with Gasteiger partial charge in [-0.3, -0.25) is 9.59 Å². The van der Waals surface area contributed by atoms with Crippen molar-refractivity contribution in [1.29, 1.82) is 0 Å². The molecule has 0 spiro atoms. The minimum absolute atomic E-state index is 0.0109. The van der Waals surface area contributed by atoms with Crippen LogP contribution in [-0.2, 0) is 9.59 Å². The first-order valence-electron chi connectivity index (χ1n) is 6.73. The van der Waals surface area contributed by atoms with Crippen LogP contribution >= 0.6 is 11.8 Å². The summed E-state index contributed by atoms with van der Waals surface area (Å²) in [6.45, 7) is 5.88. The second-order valence-corrected chi connectivity index (χ2v) is 6.57. The molecule has 0 bridgehead atoms. The Morgan fingerprint density at radius 3 is 2.55 bits per heavy atom. The van der Waals surface area contributed by atoms with Crippen LogP contribution in [0.2, 0.25) is 0 Å². The lowest BCUT2D eigenvalue weighted by Gasteiger charge is -2.43. The molecule has 1 N–H and O–H groups in total. The van der Waals surface area contributed by atoms with Crippen molar-refractivity contribution in [3.63, 3.8) is 0 Å². The summed E-state index contributed by atoms with van der Waals surface area (Å²) in [6, 6.07) is 9.62. The van der Waals surface area contributed by atoms with Gasteiger partial charge in [-0.2, -0.15) is 0 Å². The van der Waals surface area contributed by atoms with E-state index >= 15 is 0 Å². The smallest absolute Gasteiger partial charge is 0.246 e. The van der Waals surface area contributed by atoms with Gasteiger partial charge >= 0.3 is 0 Å². The Morgan fingerprint density at radius 2 is 1.90 bits per heavy atom. The van der Waals surface area contributed by atoms with Crippen molar-refractivity contribution < 1.29 is 9.59 Å². The number of nitrogens with zero attached hydrogens (tertiary/aromatic N) is 1. The maximum atomic E-state index is 12.2. The molecule has 20 heavy (non-hydrogen) atoms. The van der Waals surface area contributed by atoms with Crippen molar-refractivity contribution in [2.75, 3.05) is 12.3 Å². The highest BCUT2D eigenvalue weighted by atomic mass is 32.2. The number of carbonyl (C=O) groups is 2. The molecule has 1 aromatic carbocycles. The van der Waals surface area contributed by atoms with Crippen LogP contribution < -0.4 is 5.32 Å². The predicted molar refractivity (Wildman–Crippen MR) is 80.6 cm³/mol. The zero-order valence-electron chi connectivity index (χ0n) is 12.1. The molecule has 0 radical (unpaired) electrons. The highest BCUT2D eigenvalue weighted by molar-refractivity contribution is 7.99. The molecule has 0 saturated carbocycles. The second-order valence-electron chi connectivity index (χ2n) is 5.41. The molecule has 1 aliphatic heterocycles. The van der Waals surface area contributed by atoms with Crippen LogP contribution in [0, 0.1) is 0 Å². The lowest BCUT2D eigenvalue weighted by molar-refractivity contribution is -0.154. The number of nitrogens with one attached hydrogen (secondary N) is 1. The van der Waals surface area contributed by atoms with Gasteiger partial charge in [-0.1, -0.05) is 18.2 Å². The lowest BCUT2D eigenvalue weighted by atomic mass is 9.96. The number of thioether (sulfide) groups is 1. The maximum Gasteiger partial charge on any atom is 0.246 e. The Bertz CT molecular complexity index is 502. The van der Waals surface area contributed by atoms with Gasteiger partial charge in [0.05, 0.1) is 0 Å². The maximum absolute atomic E-state index is 12.2. The van der Waals surface area contributed by atoms with Crippen LogP contribution in [0.4, 0.5) is 0 Å². The van der Waals surface area contributed by atoms with Crippen molar-refractivity contribution in [1.82, 2.24) is 10.2 Å². The molecule has 2 rings (SSSR count). The van der Waals surface area contributed by atoms with E-state index in [1.54, 1.807) is 37.4 Å². The molecule has 108 valence electrons. The Labute approximate surface area is 123 Å². The van der Waals surface area contributed by atoms with Crippen molar-refractivity contribution in [2.24, 2.45) is 0 Å². The van der Waals surface area contributed by atoms with Gasteiger partial charge in [-0.05, 0) is 32.9 Å². The third-order valence-corrected chi connectivity index (χ3v) is 4.53. The largest absolute Gasteiger partial charge is 0.343 e. The van der Waals surface area contributed by atoms with Crippen LogP contribution in [0.15, 0.2) is 35.2 Å². The minimum Gasteiger partial charge on any atom is -0.343 e. The van der Waals surface area contributed by atoms with Gasteiger partial charge < -0.3 is 10.2 Å². The fourth-order valence-corrected chi connectivity index (χ4v) is 3.09. The molecule has 1 saturated heterocycles. The molecule has 0 aliphatic carbocycles. The molecule has 1 heterocycles. The van der Waals surface area contributed by atoms with E-state index in [0.29, 0.717) is 6.54 Å². The van der Waals surface area contributed by atoms with Gasteiger partial charge in [0.15, 0.2) is 0 Å². The van der Waals surface area contributed by atoms with E-state index in [-0.39, 0.29) is 11.8 Å². The second kappa shape index (κ2) is 5.87. The van der Waals surface area contributed by atoms with Crippen molar-refractivity contribution >= 4 is 23.6 Å². The van der Waals surface area contributed by atoms with Gasteiger partial charge in [-0.15, -0.1) is 11.8 Å². The Hall–Kier alpha value is -1.49. The molecule has 1 unspecified atom stereocenters. The molecule has 2 amide bonds. The van der Waals surface area contributed by atoms with Crippen molar-refractivity contribution in [3.8, 4) is 0 Å². The fourth-order valence-electron chi connectivity index (χ4n) is 2.23. The molecular weight excluding hydrogens is 272 g/mol. The highest BCUT2D eigenvalue weighted by Gasteiger charge is 2.44. The average molecular weight is 292 g/mol. The average Bonchev–Trinajstić information content (AvgIpc) is 2.42. The Kier molecular flexibility index (Phi) is 4.38. The van der Waals surface area contributed by atoms with Gasteiger partial charge in [0.1, 0.15) is 11.6 Å². The highest BCUT2D eigenvalue weighted by Crippen LogP contribution is 2.23. The standard InChI is InChI=1S/C15H20N2O2S/c1-11-13(18)17(15(2,3)14(19)16-11)9-10-20-12-7-5-4-6-8-12/h4-8,11H,9-10H2,1-3H3,(H,16,19). The summed E-state index contributed by atoms with van der Waals surface area (Å²) in [5, 5.41) is 2.72. The summed E-state index contributed by atoms with van der Waals surface area (Å²) in [4.78, 5) is 27.1. The third kappa shape index (κ3) is 2.98. The molecule has 0 aromatic heterocycles. The van der Waals surface area contributed by atoms with E-state index in [4.69, 9.17) is 0 Å². The quantitative estimate of drug-likeness (QED) is 0.862. The third-order valence-electron chi connectivity index (χ3n) is 3.54. The minimum atomic E-state index is -0.777. The number of hydrogen-bond acceptors (Lipinski definition) is 3.